The Hall–Kier alpha value is -8.18. The van der Waals surface area contributed by atoms with Gasteiger partial charge in [-0.05, 0) is 180 Å². The maximum atomic E-state index is 12.1. The molecule has 0 saturated heterocycles. The Morgan fingerprint density at radius 2 is 0.783 bits per heavy atom. The molecule has 0 spiro atoms. The van der Waals surface area contributed by atoms with Crippen LogP contribution in [-0.4, -0.2) is 47.4 Å². The van der Waals surface area contributed by atoms with E-state index in [1.54, 1.807) is 13.8 Å². The molecule has 0 rings (SSSR count). The second-order valence-corrected chi connectivity index (χ2v) is 6.88. The SMILES string of the molecule is CC#CC#CC#CC#CC#CC#CC#CC#CC(=O)NC(CO)(CO)COC(=O)C#CC#CC#CC#CC#CC#CC#CC#CC.[HH].[HH].[HH].[HH].[HH].[HH].[HH].[HH].[HH].[HH].[HH].[HH].[HH].[HH].[HH].[HH].[HH].[HH].[HH].[HH].[HH].[HH].[HH].[HH].[HH].[HH].[HH].[HH].[HH].[HH]. The highest BCUT2D eigenvalue weighted by Gasteiger charge is 2.32. The molecule has 0 radical (unpaired) electrons. The molecule has 6 nitrogen and oxygen atoms in total. The lowest BCUT2D eigenvalue weighted by atomic mass is 10.0. The minimum absolute atomic E-state index is 0. The van der Waals surface area contributed by atoms with E-state index >= 15 is 0 Å². The number of nitrogens with one attached hydrogen (secondary N) is 1. The normalized spacial score (nSPS) is 6.09. The van der Waals surface area contributed by atoms with Crippen molar-refractivity contribution >= 4 is 11.9 Å². The molecule has 0 aromatic heterocycles. The van der Waals surface area contributed by atoms with E-state index in [-0.39, 0.29) is 42.8 Å². The lowest BCUT2D eigenvalue weighted by Gasteiger charge is -2.28. The number of esters is 1. The molecule has 0 fully saturated rings. The number of amides is 1. The average Bonchev–Trinajstić information content (AvgIpc) is 3.06. The Morgan fingerprint density at radius 3 is 1.09 bits per heavy atom. The van der Waals surface area contributed by atoms with Crippen LogP contribution in [0.25, 0.3) is 0 Å². The summed E-state index contributed by atoms with van der Waals surface area (Å²) in [6.07, 6.45) is 0. The topological polar surface area (TPSA) is 95.9 Å². The summed E-state index contributed by atoms with van der Waals surface area (Å²) in [4.78, 5) is 23.9. The second kappa shape index (κ2) is 28.4. The molecule has 0 aromatic carbocycles. The van der Waals surface area contributed by atoms with Gasteiger partial charge in [-0.3, -0.25) is 4.79 Å². The van der Waals surface area contributed by atoms with Gasteiger partial charge in [-0.25, -0.2) is 4.79 Å². The molecule has 3 N–H and O–H groups in total. The van der Waals surface area contributed by atoms with Gasteiger partial charge >= 0.3 is 5.97 Å². The fraction of sp³-hybridized carbons (Fsp3) is 0.150. The number of aliphatic hydroxyl groups excluding tert-OH is 2. The van der Waals surface area contributed by atoms with E-state index in [0.29, 0.717) is 0 Å². The first kappa shape index (κ1) is 37.8. The number of aliphatic hydroxyl groups is 2. The van der Waals surface area contributed by atoms with Gasteiger partial charge in [0.1, 0.15) is 12.1 Å². The van der Waals surface area contributed by atoms with Crippen LogP contribution in [0.3, 0.4) is 0 Å². The van der Waals surface area contributed by atoms with E-state index in [2.05, 4.69) is 195 Å². The number of carbonyl (C=O) groups excluding carboxylic acids is 2. The van der Waals surface area contributed by atoms with Gasteiger partial charge in [-0.2, -0.15) is 0 Å². The smallest absolute Gasteiger partial charge is 0.385 e. The first-order valence-electron chi connectivity index (χ1n) is 12.1. The number of ether oxygens (including phenoxy) is 1. The third kappa shape index (κ3) is 23.7. The third-order valence-electron chi connectivity index (χ3n) is 3.68. The molecule has 0 unspecified atom stereocenters. The Labute approximate surface area is 314 Å². The van der Waals surface area contributed by atoms with Crippen LogP contribution < -0.4 is 5.32 Å². The molecule has 0 saturated carbocycles. The maximum Gasteiger partial charge on any atom is 0.385 e. The van der Waals surface area contributed by atoms with Crippen LogP contribution in [0.1, 0.15) is 56.6 Å². The molecule has 0 aliphatic heterocycles. The van der Waals surface area contributed by atoms with Crippen LogP contribution in [0, 0.1) is 189 Å². The monoisotopic (exact) mass is 650 g/mol. The summed E-state index contributed by atoms with van der Waals surface area (Å²) in [5.74, 6) is 75.3. The summed E-state index contributed by atoms with van der Waals surface area (Å²) in [6.45, 7) is 1.15. The van der Waals surface area contributed by atoms with Crippen molar-refractivity contribution in [3.05, 3.63) is 0 Å². The molecule has 46 heavy (non-hydrogen) atoms. The average molecular weight is 650 g/mol. The molecule has 0 bridgehead atoms. The fourth-order valence-corrected chi connectivity index (χ4v) is 1.81. The van der Waals surface area contributed by atoms with Crippen LogP contribution in [0.15, 0.2) is 0 Å². The summed E-state index contributed by atoms with van der Waals surface area (Å²) < 4.78 is 4.89. The summed E-state index contributed by atoms with van der Waals surface area (Å²) in [5.41, 5.74) is -1.73. The van der Waals surface area contributed by atoms with E-state index in [1.165, 1.54) is 0 Å². The third-order valence-corrected chi connectivity index (χ3v) is 3.68. The number of carbonyl (C=O) groups is 2. The Bertz CT molecular complexity index is 2330. The molecule has 0 aromatic rings. The minimum Gasteiger partial charge on any atom is -0.453 e. The van der Waals surface area contributed by atoms with Crippen LogP contribution in [0.4, 0.5) is 0 Å². The van der Waals surface area contributed by atoms with Crippen LogP contribution in [-0.2, 0) is 14.3 Å². The van der Waals surface area contributed by atoms with Crippen LogP contribution in [0.2, 0.25) is 0 Å². The highest BCUT2D eigenvalue weighted by Crippen LogP contribution is 2.04. The Morgan fingerprint density at radius 1 is 0.500 bits per heavy atom. The Balaban J connectivity index is -0.0000000233. The zero-order valence-electron chi connectivity index (χ0n) is 24.2. The van der Waals surface area contributed by atoms with Crippen molar-refractivity contribution in [2.75, 3.05) is 19.8 Å². The van der Waals surface area contributed by atoms with Gasteiger partial charge in [-0.15, -0.1) is 0 Å². The van der Waals surface area contributed by atoms with Gasteiger partial charge in [0.15, 0.2) is 0 Å². The van der Waals surface area contributed by atoms with Crippen molar-refractivity contribution in [1.82, 2.24) is 5.32 Å². The van der Waals surface area contributed by atoms with E-state index in [1.807, 2.05) is 0 Å². The molecule has 0 atom stereocenters. The van der Waals surface area contributed by atoms with Crippen molar-refractivity contribution < 1.29 is 67.3 Å². The number of rotatable bonds is 5. The van der Waals surface area contributed by atoms with Crippen molar-refractivity contribution in [2.45, 2.75) is 19.4 Å². The standard InChI is InChI=1S/C40H15NO5.30H2/c1-3-5-7-9-11-13-15-17-19-21-23-25-27-29-31-33-38(44)41-40(35-42,36-43)37-46-39(45)34-32-30-28-26-24-22-20-18-16-14-12-10-8-6-4-2;;;;;;;;;;;;;;;;;;;;;;;;;;;;;;/h42-43H,35-37H2,1-2H3,(H,41,44);30*1H. The van der Waals surface area contributed by atoms with Gasteiger partial charge in [0, 0.05) is 54.6 Å². The lowest BCUT2D eigenvalue weighted by molar-refractivity contribution is -0.141. The van der Waals surface area contributed by atoms with Gasteiger partial charge < -0.3 is 20.3 Å². The zero-order valence-corrected chi connectivity index (χ0v) is 24.2. The van der Waals surface area contributed by atoms with E-state index in [4.69, 9.17) is 4.74 Å². The number of hydrogen-bond donors (Lipinski definition) is 3. The van der Waals surface area contributed by atoms with Gasteiger partial charge in [0.25, 0.3) is 5.91 Å². The summed E-state index contributed by atoms with van der Waals surface area (Å²) >= 11 is 0. The maximum absolute atomic E-state index is 12.1. The first-order valence-corrected chi connectivity index (χ1v) is 12.1. The van der Waals surface area contributed by atoms with Crippen molar-refractivity contribution in [3.8, 4) is 189 Å². The molecule has 6 heteroatoms. The minimum atomic E-state index is -1.73. The largest absolute Gasteiger partial charge is 0.453 e. The van der Waals surface area contributed by atoms with Gasteiger partial charge in [0.2, 0.25) is 0 Å². The van der Waals surface area contributed by atoms with Crippen LogP contribution >= 0.6 is 0 Å². The fourth-order valence-electron chi connectivity index (χ4n) is 1.81. The predicted octanol–water partition coefficient (Wildman–Crippen LogP) is 5.84. The van der Waals surface area contributed by atoms with Gasteiger partial charge in [0.05, 0.1) is 13.2 Å². The second-order valence-electron chi connectivity index (χ2n) is 6.88. The lowest BCUT2D eigenvalue weighted by Crippen LogP contribution is -2.57. The summed E-state index contributed by atoms with van der Waals surface area (Å²) in [5, 5.41) is 21.6. The first-order chi connectivity index (χ1) is 22.5. The molecular formula is C40H75NO5. The van der Waals surface area contributed by atoms with Gasteiger partial charge in [-0.1, -0.05) is 11.8 Å². The van der Waals surface area contributed by atoms with Crippen molar-refractivity contribution in [1.29, 1.82) is 0 Å². The molecule has 0 aliphatic rings. The summed E-state index contributed by atoms with van der Waals surface area (Å²) in [6, 6.07) is 0. The highest BCUT2D eigenvalue weighted by molar-refractivity contribution is 5.94. The molecule has 0 heterocycles. The number of hydrogen-bond acceptors (Lipinski definition) is 5. The molecule has 0 aliphatic carbocycles. The Kier molecular flexibility index (Phi) is 23.3. The van der Waals surface area contributed by atoms with Crippen LogP contribution in [0.5, 0.6) is 0 Å². The van der Waals surface area contributed by atoms with Crippen molar-refractivity contribution in [3.63, 3.8) is 0 Å². The predicted molar refractivity (Wildman–Crippen MR) is 235 cm³/mol. The quantitative estimate of drug-likeness (QED) is 0.198. The van der Waals surface area contributed by atoms with E-state index in [9.17, 15) is 19.8 Å². The molecule has 270 valence electrons. The van der Waals surface area contributed by atoms with E-state index < -0.39 is 37.2 Å². The summed E-state index contributed by atoms with van der Waals surface area (Å²) in [7, 11) is 0. The van der Waals surface area contributed by atoms with E-state index in [0.717, 1.165) is 0 Å². The van der Waals surface area contributed by atoms with Crippen molar-refractivity contribution in [2.24, 2.45) is 0 Å². The molecule has 1 amide bonds. The molecular weight excluding hydrogens is 574 g/mol. The highest BCUT2D eigenvalue weighted by atomic mass is 16.5. The zero-order chi connectivity index (χ0) is 33.8.